The molecule has 8 heteroatoms. The van der Waals surface area contributed by atoms with E-state index in [1.54, 1.807) is 13.8 Å². The van der Waals surface area contributed by atoms with Gasteiger partial charge in [-0.1, -0.05) is 12.1 Å². The number of hydrogen-bond donors (Lipinski definition) is 2. The average Bonchev–Trinajstić information content (AvgIpc) is 2.88. The first-order valence-corrected chi connectivity index (χ1v) is 8.39. The highest BCUT2D eigenvalue weighted by Gasteiger charge is 2.56. The summed E-state index contributed by atoms with van der Waals surface area (Å²) < 4.78 is 0. The van der Waals surface area contributed by atoms with Gasteiger partial charge in [-0.3, -0.25) is 19.7 Å². The maximum atomic E-state index is 12.9. The van der Waals surface area contributed by atoms with E-state index in [4.69, 9.17) is 12.2 Å². The summed E-state index contributed by atoms with van der Waals surface area (Å²) in [5, 5.41) is 8.12. The van der Waals surface area contributed by atoms with Crippen LogP contribution in [0.1, 0.15) is 31.4 Å². The summed E-state index contributed by atoms with van der Waals surface area (Å²) in [6.07, 6.45) is -0.0325. The molecule has 1 aromatic rings. The summed E-state index contributed by atoms with van der Waals surface area (Å²) in [6, 6.07) is 4.96. The fourth-order valence-corrected chi connectivity index (χ4v) is 3.43. The molecular weight excluding hydrogens is 340 g/mol. The fraction of sp³-hybridized carbons (Fsp3) is 0.412. The Morgan fingerprint density at radius 1 is 1.32 bits per heavy atom. The van der Waals surface area contributed by atoms with Crippen LogP contribution in [0.3, 0.4) is 0 Å². The lowest BCUT2D eigenvalue weighted by molar-refractivity contribution is -0.154. The van der Waals surface area contributed by atoms with Gasteiger partial charge in [0.15, 0.2) is 5.11 Å². The normalized spacial score (nSPS) is 22.6. The molecule has 0 aliphatic carbocycles. The van der Waals surface area contributed by atoms with Gasteiger partial charge in [-0.2, -0.15) is 5.01 Å². The van der Waals surface area contributed by atoms with Gasteiger partial charge in [0, 0.05) is 5.69 Å². The number of anilines is 1. The second-order valence-electron chi connectivity index (χ2n) is 6.90. The van der Waals surface area contributed by atoms with E-state index in [0.29, 0.717) is 5.69 Å². The number of carbonyl (C=O) groups excluding carboxylic acids is 3. The molecular formula is C17H20N4O3S. The lowest BCUT2D eigenvalue weighted by Crippen LogP contribution is -2.71. The molecule has 2 heterocycles. The minimum Gasteiger partial charge on any atom is -0.324 e. The van der Waals surface area contributed by atoms with E-state index < -0.39 is 11.6 Å². The summed E-state index contributed by atoms with van der Waals surface area (Å²) in [4.78, 5) is 37.5. The Kier molecular flexibility index (Phi) is 4.12. The molecule has 3 rings (SSSR count). The Bertz CT molecular complexity index is 805. The average molecular weight is 360 g/mol. The number of carbonyl (C=O) groups is 3. The van der Waals surface area contributed by atoms with E-state index >= 15 is 0 Å². The zero-order valence-electron chi connectivity index (χ0n) is 14.5. The minimum atomic E-state index is -1.07. The maximum absolute atomic E-state index is 12.9. The van der Waals surface area contributed by atoms with E-state index in [9.17, 15) is 14.4 Å². The molecule has 0 bridgehead atoms. The van der Waals surface area contributed by atoms with Crippen molar-refractivity contribution < 1.29 is 14.4 Å². The Morgan fingerprint density at radius 2 is 2.00 bits per heavy atom. The smallest absolute Gasteiger partial charge is 0.248 e. The topological polar surface area (TPSA) is 81.8 Å². The van der Waals surface area contributed by atoms with Crippen molar-refractivity contribution in [3.8, 4) is 0 Å². The summed E-state index contributed by atoms with van der Waals surface area (Å²) in [6.45, 7) is 7.16. The van der Waals surface area contributed by atoms with Crippen molar-refractivity contribution in [2.75, 3.05) is 5.32 Å². The first-order valence-electron chi connectivity index (χ1n) is 7.98. The summed E-state index contributed by atoms with van der Waals surface area (Å²) in [5.41, 5.74) is 1.56. The highest BCUT2D eigenvalue weighted by Crippen LogP contribution is 2.33. The zero-order valence-corrected chi connectivity index (χ0v) is 15.4. The van der Waals surface area contributed by atoms with Gasteiger partial charge < -0.3 is 5.32 Å². The predicted octanol–water partition coefficient (Wildman–Crippen LogP) is 1.25. The third-order valence-corrected chi connectivity index (χ3v) is 4.88. The van der Waals surface area contributed by atoms with Crippen molar-refractivity contribution in [1.29, 1.82) is 0 Å². The number of thiocarbonyl (C=S) groups is 1. The molecule has 3 amide bonds. The largest absolute Gasteiger partial charge is 0.324 e. The van der Waals surface area contributed by atoms with Gasteiger partial charge in [0.25, 0.3) is 0 Å². The van der Waals surface area contributed by atoms with Gasteiger partial charge in [-0.25, -0.2) is 5.01 Å². The molecule has 132 valence electrons. The van der Waals surface area contributed by atoms with Crippen LogP contribution in [0.5, 0.6) is 0 Å². The van der Waals surface area contributed by atoms with Crippen LogP contribution in [0.4, 0.5) is 5.69 Å². The van der Waals surface area contributed by atoms with Crippen molar-refractivity contribution in [3.63, 3.8) is 0 Å². The van der Waals surface area contributed by atoms with Crippen LogP contribution >= 0.6 is 12.2 Å². The lowest BCUT2D eigenvalue weighted by Gasteiger charge is -2.45. The molecule has 0 aromatic heterocycles. The first-order chi connectivity index (χ1) is 11.6. The molecule has 0 radical (unpaired) electrons. The van der Waals surface area contributed by atoms with Crippen LogP contribution in [0.25, 0.3) is 0 Å². The van der Waals surface area contributed by atoms with Crippen molar-refractivity contribution in [3.05, 3.63) is 29.3 Å². The van der Waals surface area contributed by atoms with Crippen molar-refractivity contribution >= 4 is 40.7 Å². The summed E-state index contributed by atoms with van der Waals surface area (Å²) >= 11 is 5.11. The minimum absolute atomic E-state index is 0.0105. The highest BCUT2D eigenvalue weighted by atomic mass is 32.1. The van der Waals surface area contributed by atoms with Crippen molar-refractivity contribution in [1.82, 2.24) is 15.3 Å². The second kappa shape index (κ2) is 5.89. The van der Waals surface area contributed by atoms with Crippen LogP contribution in [-0.4, -0.2) is 44.4 Å². The molecule has 1 atom stereocenters. The molecule has 0 saturated carbocycles. The molecule has 1 aromatic carbocycles. The molecule has 7 nitrogen and oxygen atoms in total. The van der Waals surface area contributed by atoms with Crippen LogP contribution in [0, 0.1) is 13.8 Å². The molecule has 2 saturated heterocycles. The number of amides is 3. The predicted molar refractivity (Wildman–Crippen MR) is 96.5 cm³/mol. The standard InChI is InChI=1S/C17H20N4O3S/c1-9-5-6-10(2)11(7-9)18-14(23)12-8-13(22)20-16(25)19-15(24)17(3,4)21(12)20/h5-7,12H,8H2,1-4H3,(H,18,23)(H,19,24,25)/t12-/m1/s1. The first kappa shape index (κ1) is 17.5. The molecule has 2 N–H and O–H groups in total. The molecule has 0 spiro atoms. The molecule has 25 heavy (non-hydrogen) atoms. The summed E-state index contributed by atoms with van der Waals surface area (Å²) in [5.74, 6) is -0.984. The Morgan fingerprint density at radius 3 is 2.68 bits per heavy atom. The van der Waals surface area contributed by atoms with Crippen LogP contribution in [-0.2, 0) is 14.4 Å². The van der Waals surface area contributed by atoms with Gasteiger partial charge >= 0.3 is 0 Å². The monoisotopic (exact) mass is 360 g/mol. The van der Waals surface area contributed by atoms with Gasteiger partial charge in [0.1, 0.15) is 11.6 Å². The fourth-order valence-electron chi connectivity index (χ4n) is 3.15. The third-order valence-electron chi connectivity index (χ3n) is 4.61. The molecule has 0 unspecified atom stereocenters. The van der Waals surface area contributed by atoms with E-state index in [1.807, 2.05) is 32.0 Å². The Hall–Kier alpha value is -2.32. The zero-order chi connectivity index (χ0) is 18.5. The second-order valence-corrected chi connectivity index (χ2v) is 7.28. The molecule has 2 aliphatic rings. The third kappa shape index (κ3) is 2.81. The quantitative estimate of drug-likeness (QED) is 0.776. The molecule has 2 fully saturated rings. The number of benzene rings is 1. The number of nitrogens with zero attached hydrogens (tertiary/aromatic N) is 2. The maximum Gasteiger partial charge on any atom is 0.248 e. The highest BCUT2D eigenvalue weighted by molar-refractivity contribution is 7.80. The number of hydrogen-bond acceptors (Lipinski definition) is 5. The van der Waals surface area contributed by atoms with Crippen molar-refractivity contribution in [2.24, 2.45) is 0 Å². The van der Waals surface area contributed by atoms with Gasteiger partial charge in [-0.05, 0) is 57.1 Å². The number of hydrazine groups is 1. The van der Waals surface area contributed by atoms with Crippen LogP contribution < -0.4 is 10.6 Å². The SMILES string of the molecule is Cc1ccc(C)c(NC(=O)[C@H]2CC(=O)N3C(=S)NC(=O)C(C)(C)N23)c1. The Balaban J connectivity index is 1.92. The lowest BCUT2D eigenvalue weighted by atomic mass is 10.00. The summed E-state index contributed by atoms with van der Waals surface area (Å²) in [7, 11) is 0. The van der Waals surface area contributed by atoms with Crippen LogP contribution in [0.15, 0.2) is 18.2 Å². The number of fused-ring (bicyclic) bond motifs is 1. The van der Waals surface area contributed by atoms with E-state index in [1.165, 1.54) is 10.0 Å². The number of aryl methyl sites for hydroxylation is 2. The molecule has 2 aliphatic heterocycles. The number of nitrogens with one attached hydrogen (secondary N) is 2. The van der Waals surface area contributed by atoms with E-state index in [0.717, 1.165) is 11.1 Å². The van der Waals surface area contributed by atoms with E-state index in [-0.39, 0.29) is 29.3 Å². The van der Waals surface area contributed by atoms with Crippen LogP contribution in [0.2, 0.25) is 0 Å². The van der Waals surface area contributed by atoms with Gasteiger partial charge in [0.2, 0.25) is 17.7 Å². The number of rotatable bonds is 2. The van der Waals surface area contributed by atoms with Gasteiger partial charge in [0.05, 0.1) is 6.42 Å². The van der Waals surface area contributed by atoms with Crippen molar-refractivity contribution in [2.45, 2.75) is 45.7 Å². The van der Waals surface area contributed by atoms with Gasteiger partial charge in [-0.15, -0.1) is 0 Å². The van der Waals surface area contributed by atoms with E-state index in [2.05, 4.69) is 10.6 Å². The Labute approximate surface area is 151 Å².